The summed E-state index contributed by atoms with van der Waals surface area (Å²) in [6.45, 7) is 2.33. The van der Waals surface area contributed by atoms with Crippen molar-refractivity contribution in [3.05, 3.63) is 54.1 Å². The normalized spacial score (nSPS) is 13.8. The number of hydrogen-bond donors (Lipinski definition) is 2. The lowest BCUT2D eigenvalue weighted by molar-refractivity contribution is -0.114. The summed E-state index contributed by atoms with van der Waals surface area (Å²) in [6.07, 6.45) is 3.72. The van der Waals surface area contributed by atoms with Gasteiger partial charge in [0, 0.05) is 18.8 Å². The van der Waals surface area contributed by atoms with Crippen LogP contribution in [0.4, 0.5) is 17.1 Å². The number of nitriles is 1. The Kier molecular flexibility index (Phi) is 5.53. The highest BCUT2D eigenvalue weighted by Crippen LogP contribution is 2.28. The van der Waals surface area contributed by atoms with E-state index in [4.69, 9.17) is 5.26 Å². The number of para-hydroxylation sites is 2. The Hall–Kier alpha value is -3.00. The summed E-state index contributed by atoms with van der Waals surface area (Å²) in [5.41, 5.74) is 3.41. The molecule has 0 atom stereocenters. The molecule has 1 saturated heterocycles. The average molecular weight is 334 g/mol. The predicted octanol–water partition coefficient (Wildman–Crippen LogP) is 3.60. The van der Waals surface area contributed by atoms with Crippen molar-refractivity contribution in [2.75, 3.05) is 35.2 Å². The minimum atomic E-state index is -0.113. The fourth-order valence-corrected chi connectivity index (χ4v) is 3.04. The fraction of sp³-hybridized carbons (Fsp3) is 0.300. The van der Waals surface area contributed by atoms with Crippen LogP contribution in [-0.4, -0.2) is 25.5 Å². The van der Waals surface area contributed by atoms with E-state index in [2.05, 4.69) is 27.7 Å². The maximum Gasteiger partial charge on any atom is 0.243 e. The van der Waals surface area contributed by atoms with Gasteiger partial charge in [-0.15, -0.1) is 0 Å². The third kappa shape index (κ3) is 4.51. The number of benzene rings is 2. The van der Waals surface area contributed by atoms with Crippen molar-refractivity contribution in [3.8, 4) is 6.07 Å². The van der Waals surface area contributed by atoms with E-state index in [1.54, 1.807) is 24.3 Å². The number of carbonyl (C=O) groups excluding carboxylic acids is 1. The Morgan fingerprint density at radius 3 is 2.48 bits per heavy atom. The molecule has 0 aromatic heterocycles. The van der Waals surface area contributed by atoms with Gasteiger partial charge in [0.25, 0.3) is 0 Å². The first-order chi connectivity index (χ1) is 12.3. The second kappa shape index (κ2) is 8.20. The van der Waals surface area contributed by atoms with Crippen LogP contribution in [0.5, 0.6) is 0 Å². The Balaban J connectivity index is 1.59. The molecule has 0 spiro atoms. The Labute approximate surface area is 148 Å². The van der Waals surface area contributed by atoms with Gasteiger partial charge in [0.1, 0.15) is 0 Å². The van der Waals surface area contributed by atoms with Crippen LogP contribution in [-0.2, 0) is 4.79 Å². The largest absolute Gasteiger partial charge is 0.374 e. The van der Waals surface area contributed by atoms with Crippen LogP contribution in [0.15, 0.2) is 48.5 Å². The number of nitrogens with one attached hydrogen (secondary N) is 2. The number of hydrogen-bond acceptors (Lipinski definition) is 4. The molecule has 5 nitrogen and oxygen atoms in total. The molecule has 1 fully saturated rings. The average Bonchev–Trinajstić information content (AvgIpc) is 2.68. The van der Waals surface area contributed by atoms with Crippen molar-refractivity contribution >= 4 is 23.0 Å². The summed E-state index contributed by atoms with van der Waals surface area (Å²) in [5, 5.41) is 14.9. The third-order valence-electron chi connectivity index (χ3n) is 4.34. The van der Waals surface area contributed by atoms with E-state index in [0.717, 1.165) is 24.5 Å². The summed E-state index contributed by atoms with van der Waals surface area (Å²) in [5.74, 6) is -0.113. The lowest BCUT2D eigenvalue weighted by Gasteiger charge is -2.30. The molecule has 3 rings (SSSR count). The van der Waals surface area contributed by atoms with Crippen molar-refractivity contribution in [2.45, 2.75) is 19.3 Å². The second-order valence-corrected chi connectivity index (χ2v) is 6.16. The molecule has 0 bridgehead atoms. The third-order valence-corrected chi connectivity index (χ3v) is 4.34. The van der Waals surface area contributed by atoms with Crippen LogP contribution in [0.25, 0.3) is 0 Å². The number of amides is 1. The van der Waals surface area contributed by atoms with E-state index in [1.807, 2.05) is 18.2 Å². The van der Waals surface area contributed by atoms with Gasteiger partial charge in [-0.05, 0) is 55.7 Å². The van der Waals surface area contributed by atoms with Crippen LogP contribution in [0.1, 0.15) is 24.8 Å². The molecular formula is C20H22N4O. The molecule has 0 saturated carbocycles. The Morgan fingerprint density at radius 1 is 1.04 bits per heavy atom. The van der Waals surface area contributed by atoms with Crippen LogP contribution >= 0.6 is 0 Å². The van der Waals surface area contributed by atoms with Gasteiger partial charge in [-0.25, -0.2) is 0 Å². The SMILES string of the molecule is N#Cc1ccc(NC(=O)CNc2ccccc2N2CCCCC2)cc1. The molecule has 2 aromatic rings. The molecule has 2 N–H and O–H groups in total. The van der Waals surface area contributed by atoms with Crippen LogP contribution in [0.3, 0.4) is 0 Å². The summed E-state index contributed by atoms with van der Waals surface area (Å²) < 4.78 is 0. The first-order valence-corrected chi connectivity index (χ1v) is 8.64. The summed E-state index contributed by atoms with van der Waals surface area (Å²) in [6, 6.07) is 17.0. The topological polar surface area (TPSA) is 68.2 Å². The molecule has 0 radical (unpaired) electrons. The van der Waals surface area contributed by atoms with Crippen LogP contribution < -0.4 is 15.5 Å². The highest BCUT2D eigenvalue weighted by atomic mass is 16.1. The Bertz CT molecular complexity index is 758. The van der Waals surface area contributed by atoms with Crippen LogP contribution in [0, 0.1) is 11.3 Å². The van der Waals surface area contributed by atoms with Gasteiger partial charge >= 0.3 is 0 Å². The highest BCUT2D eigenvalue weighted by Gasteiger charge is 2.14. The van der Waals surface area contributed by atoms with Crippen molar-refractivity contribution in [1.82, 2.24) is 0 Å². The molecule has 1 amide bonds. The quantitative estimate of drug-likeness (QED) is 0.877. The molecule has 25 heavy (non-hydrogen) atoms. The first-order valence-electron chi connectivity index (χ1n) is 8.64. The fourth-order valence-electron chi connectivity index (χ4n) is 3.04. The van der Waals surface area contributed by atoms with Crippen molar-refractivity contribution in [3.63, 3.8) is 0 Å². The number of piperidine rings is 1. The van der Waals surface area contributed by atoms with Gasteiger partial charge in [0.05, 0.1) is 29.6 Å². The van der Waals surface area contributed by atoms with E-state index in [1.165, 1.54) is 19.3 Å². The highest BCUT2D eigenvalue weighted by molar-refractivity contribution is 5.94. The zero-order valence-corrected chi connectivity index (χ0v) is 14.2. The smallest absolute Gasteiger partial charge is 0.243 e. The van der Waals surface area contributed by atoms with Crippen molar-refractivity contribution in [1.29, 1.82) is 5.26 Å². The van der Waals surface area contributed by atoms with Crippen molar-refractivity contribution < 1.29 is 4.79 Å². The lowest BCUT2D eigenvalue weighted by atomic mass is 10.1. The summed E-state index contributed by atoms with van der Waals surface area (Å²) >= 11 is 0. The number of rotatable bonds is 5. The van der Waals surface area contributed by atoms with Gasteiger partial charge in [0.15, 0.2) is 0 Å². The number of anilines is 3. The molecular weight excluding hydrogens is 312 g/mol. The van der Waals surface area contributed by atoms with Crippen LogP contribution in [0.2, 0.25) is 0 Å². The molecule has 5 heteroatoms. The zero-order valence-electron chi connectivity index (χ0n) is 14.2. The standard InChI is InChI=1S/C20H22N4O/c21-14-16-8-10-17(11-9-16)23-20(25)15-22-18-6-2-3-7-19(18)24-12-4-1-5-13-24/h2-3,6-11,22H,1,4-5,12-13,15H2,(H,23,25). The van der Waals surface area contributed by atoms with Crippen molar-refractivity contribution in [2.24, 2.45) is 0 Å². The number of nitrogens with zero attached hydrogens (tertiary/aromatic N) is 2. The maximum atomic E-state index is 12.2. The molecule has 1 aliphatic rings. The summed E-state index contributed by atoms with van der Waals surface area (Å²) in [7, 11) is 0. The monoisotopic (exact) mass is 334 g/mol. The van der Waals surface area contributed by atoms with Gasteiger partial charge in [-0.1, -0.05) is 12.1 Å². The minimum absolute atomic E-state index is 0.113. The minimum Gasteiger partial charge on any atom is -0.374 e. The van der Waals surface area contributed by atoms with Gasteiger partial charge < -0.3 is 15.5 Å². The van der Waals surface area contributed by atoms with E-state index in [9.17, 15) is 4.79 Å². The maximum absolute atomic E-state index is 12.2. The van der Waals surface area contributed by atoms with Gasteiger partial charge in [-0.2, -0.15) is 5.26 Å². The Morgan fingerprint density at radius 2 is 1.76 bits per heavy atom. The molecule has 1 aliphatic heterocycles. The molecule has 128 valence electrons. The zero-order chi connectivity index (χ0) is 17.5. The molecule has 0 aliphatic carbocycles. The molecule has 1 heterocycles. The first kappa shape index (κ1) is 16.8. The van der Waals surface area contributed by atoms with E-state index >= 15 is 0 Å². The van der Waals surface area contributed by atoms with E-state index in [-0.39, 0.29) is 12.5 Å². The van der Waals surface area contributed by atoms with E-state index in [0.29, 0.717) is 11.3 Å². The molecule has 0 unspecified atom stereocenters. The molecule has 2 aromatic carbocycles. The van der Waals surface area contributed by atoms with Gasteiger partial charge in [-0.3, -0.25) is 4.79 Å². The summed E-state index contributed by atoms with van der Waals surface area (Å²) in [4.78, 5) is 14.6. The second-order valence-electron chi connectivity index (χ2n) is 6.16. The number of carbonyl (C=O) groups is 1. The predicted molar refractivity (Wildman–Crippen MR) is 101 cm³/mol. The van der Waals surface area contributed by atoms with E-state index < -0.39 is 0 Å². The van der Waals surface area contributed by atoms with Gasteiger partial charge in [0.2, 0.25) is 5.91 Å². The lowest BCUT2D eigenvalue weighted by Crippen LogP contribution is -2.30.